The van der Waals surface area contributed by atoms with Crippen LogP contribution in [0.2, 0.25) is 4.34 Å². The van der Waals surface area contributed by atoms with E-state index in [-0.39, 0.29) is 0 Å². The average molecular weight is 217 g/mol. The number of nitrogens with one attached hydrogen (secondary N) is 1. The van der Waals surface area contributed by atoms with E-state index in [4.69, 9.17) is 11.6 Å². The summed E-state index contributed by atoms with van der Waals surface area (Å²) in [6.45, 7) is 3.12. The maximum absolute atomic E-state index is 5.78. The highest BCUT2D eigenvalue weighted by atomic mass is 35.5. The molecule has 0 spiro atoms. The topological polar surface area (TPSA) is 24.9 Å². The molecule has 0 amide bonds. The van der Waals surface area contributed by atoms with E-state index in [2.05, 4.69) is 17.2 Å². The van der Waals surface area contributed by atoms with Crippen LogP contribution >= 0.6 is 22.9 Å². The van der Waals surface area contributed by atoms with E-state index >= 15 is 0 Å². The van der Waals surface area contributed by atoms with E-state index in [9.17, 15) is 0 Å². The molecule has 1 aliphatic carbocycles. The highest BCUT2D eigenvalue weighted by molar-refractivity contribution is 7.15. The van der Waals surface area contributed by atoms with Gasteiger partial charge >= 0.3 is 0 Å². The highest BCUT2D eigenvalue weighted by Gasteiger charge is 2.34. The third-order valence-electron chi connectivity index (χ3n) is 2.49. The van der Waals surface area contributed by atoms with E-state index in [1.807, 2.05) is 0 Å². The standard InChI is InChI=1S/C9H13ClN2S/c1-2-6-3-7(6)11-5-9-12-4-8(10)13-9/h4,6-7,11H,2-3,5H2,1H3. The minimum atomic E-state index is 0.729. The molecule has 2 nitrogen and oxygen atoms in total. The van der Waals surface area contributed by atoms with Crippen LogP contribution in [-0.2, 0) is 6.54 Å². The third kappa shape index (κ3) is 2.42. The lowest BCUT2D eigenvalue weighted by Gasteiger charge is -1.98. The monoisotopic (exact) mass is 216 g/mol. The Hall–Kier alpha value is -0.120. The maximum atomic E-state index is 5.78. The van der Waals surface area contributed by atoms with Gasteiger partial charge in [0.15, 0.2) is 0 Å². The predicted molar refractivity (Wildman–Crippen MR) is 56.1 cm³/mol. The molecular weight excluding hydrogens is 204 g/mol. The van der Waals surface area contributed by atoms with E-state index in [0.29, 0.717) is 0 Å². The van der Waals surface area contributed by atoms with E-state index in [1.54, 1.807) is 17.5 Å². The van der Waals surface area contributed by atoms with Crippen molar-refractivity contribution in [3.05, 3.63) is 15.5 Å². The van der Waals surface area contributed by atoms with Gasteiger partial charge in [0.05, 0.1) is 6.20 Å². The Morgan fingerprint density at radius 2 is 2.62 bits per heavy atom. The molecule has 0 saturated heterocycles. The first-order chi connectivity index (χ1) is 6.29. The molecule has 1 N–H and O–H groups in total. The summed E-state index contributed by atoms with van der Waals surface area (Å²) in [5.74, 6) is 0.899. The summed E-state index contributed by atoms with van der Waals surface area (Å²) in [7, 11) is 0. The van der Waals surface area contributed by atoms with E-state index < -0.39 is 0 Å². The van der Waals surface area contributed by atoms with Gasteiger partial charge in [-0.15, -0.1) is 11.3 Å². The lowest BCUT2D eigenvalue weighted by atomic mass is 10.3. The van der Waals surface area contributed by atoms with Gasteiger partial charge in [0, 0.05) is 12.6 Å². The van der Waals surface area contributed by atoms with Crippen LogP contribution in [0.1, 0.15) is 24.8 Å². The van der Waals surface area contributed by atoms with Crippen LogP contribution in [0.4, 0.5) is 0 Å². The lowest BCUT2D eigenvalue weighted by Crippen LogP contribution is -2.17. The summed E-state index contributed by atoms with van der Waals surface area (Å²) >= 11 is 7.33. The molecule has 2 rings (SSSR count). The molecule has 1 aromatic rings. The Kier molecular flexibility index (Phi) is 2.86. The van der Waals surface area contributed by atoms with Crippen LogP contribution in [0.3, 0.4) is 0 Å². The van der Waals surface area contributed by atoms with Gasteiger partial charge in [-0.3, -0.25) is 0 Å². The van der Waals surface area contributed by atoms with Crippen LogP contribution in [-0.4, -0.2) is 11.0 Å². The molecule has 1 aromatic heterocycles. The number of thiazole rings is 1. The largest absolute Gasteiger partial charge is 0.307 e. The first-order valence-electron chi connectivity index (χ1n) is 4.63. The normalized spacial score (nSPS) is 26.3. The number of hydrogen-bond donors (Lipinski definition) is 1. The molecule has 0 aliphatic heterocycles. The van der Waals surface area contributed by atoms with Gasteiger partial charge in [0.25, 0.3) is 0 Å². The number of hydrogen-bond acceptors (Lipinski definition) is 3. The molecule has 1 heterocycles. The molecule has 1 aliphatic rings. The molecule has 2 unspecified atom stereocenters. The van der Waals surface area contributed by atoms with Crippen molar-refractivity contribution in [3.63, 3.8) is 0 Å². The fraction of sp³-hybridized carbons (Fsp3) is 0.667. The first-order valence-corrected chi connectivity index (χ1v) is 5.82. The van der Waals surface area contributed by atoms with Crippen molar-refractivity contribution in [2.45, 2.75) is 32.4 Å². The zero-order valence-electron chi connectivity index (χ0n) is 7.59. The van der Waals surface area contributed by atoms with Crippen LogP contribution in [0, 0.1) is 5.92 Å². The van der Waals surface area contributed by atoms with Crippen molar-refractivity contribution in [3.8, 4) is 0 Å². The molecule has 4 heteroatoms. The fourth-order valence-corrected chi connectivity index (χ4v) is 2.44. The molecular formula is C9H13ClN2S. The van der Waals surface area contributed by atoms with Gasteiger partial charge in [0.1, 0.15) is 9.34 Å². The maximum Gasteiger partial charge on any atom is 0.113 e. The van der Waals surface area contributed by atoms with Gasteiger partial charge < -0.3 is 5.32 Å². The first kappa shape index (κ1) is 9.44. The van der Waals surface area contributed by atoms with Crippen molar-refractivity contribution in [1.29, 1.82) is 0 Å². The minimum absolute atomic E-state index is 0.729. The van der Waals surface area contributed by atoms with Crippen LogP contribution in [0.15, 0.2) is 6.20 Å². The molecule has 72 valence electrons. The van der Waals surface area contributed by atoms with Crippen LogP contribution in [0.25, 0.3) is 0 Å². The van der Waals surface area contributed by atoms with Gasteiger partial charge in [-0.25, -0.2) is 4.98 Å². The van der Waals surface area contributed by atoms with Crippen molar-refractivity contribution in [1.82, 2.24) is 10.3 Å². The number of nitrogens with zero attached hydrogens (tertiary/aromatic N) is 1. The van der Waals surface area contributed by atoms with Crippen molar-refractivity contribution in [2.75, 3.05) is 0 Å². The molecule has 1 fully saturated rings. The Bertz CT molecular complexity index is 287. The van der Waals surface area contributed by atoms with Gasteiger partial charge in [0.2, 0.25) is 0 Å². The second-order valence-corrected chi connectivity index (χ2v) is 5.20. The molecule has 0 radical (unpaired) electrons. The molecule has 1 saturated carbocycles. The number of aromatic nitrogens is 1. The van der Waals surface area contributed by atoms with Gasteiger partial charge in [-0.1, -0.05) is 24.9 Å². The summed E-state index contributed by atoms with van der Waals surface area (Å²) in [4.78, 5) is 4.19. The number of rotatable bonds is 4. The third-order valence-corrected chi connectivity index (χ3v) is 3.60. The Morgan fingerprint density at radius 1 is 1.77 bits per heavy atom. The van der Waals surface area contributed by atoms with Crippen LogP contribution in [0.5, 0.6) is 0 Å². The quantitative estimate of drug-likeness (QED) is 0.837. The van der Waals surface area contributed by atoms with E-state index in [0.717, 1.165) is 27.8 Å². The Balaban J connectivity index is 1.75. The minimum Gasteiger partial charge on any atom is -0.307 e. The molecule has 0 bridgehead atoms. The summed E-state index contributed by atoms with van der Waals surface area (Å²) < 4.78 is 0.777. The predicted octanol–water partition coefficient (Wildman–Crippen LogP) is 2.68. The number of halogens is 1. The molecule has 0 aromatic carbocycles. The smallest absolute Gasteiger partial charge is 0.113 e. The summed E-state index contributed by atoms with van der Waals surface area (Å²) in [6, 6.07) is 0.729. The zero-order valence-corrected chi connectivity index (χ0v) is 9.16. The Labute approximate surface area is 87.3 Å². The van der Waals surface area contributed by atoms with E-state index in [1.165, 1.54) is 12.8 Å². The summed E-state index contributed by atoms with van der Waals surface area (Å²) in [6.07, 6.45) is 4.33. The van der Waals surface area contributed by atoms with Crippen molar-refractivity contribution < 1.29 is 0 Å². The van der Waals surface area contributed by atoms with Crippen LogP contribution < -0.4 is 5.32 Å². The average Bonchev–Trinajstić information content (AvgIpc) is 2.78. The zero-order chi connectivity index (χ0) is 9.26. The summed E-state index contributed by atoms with van der Waals surface area (Å²) in [5, 5.41) is 4.57. The highest BCUT2D eigenvalue weighted by Crippen LogP contribution is 2.33. The second kappa shape index (κ2) is 3.95. The van der Waals surface area contributed by atoms with Crippen molar-refractivity contribution >= 4 is 22.9 Å². The Morgan fingerprint density at radius 3 is 3.15 bits per heavy atom. The second-order valence-electron chi connectivity index (χ2n) is 3.45. The van der Waals surface area contributed by atoms with Gasteiger partial charge in [-0.2, -0.15) is 0 Å². The molecule has 2 atom stereocenters. The lowest BCUT2D eigenvalue weighted by molar-refractivity contribution is 0.621. The SMILES string of the molecule is CCC1CC1NCc1ncc(Cl)s1. The van der Waals surface area contributed by atoms with Crippen molar-refractivity contribution in [2.24, 2.45) is 5.92 Å². The fourth-order valence-electron chi connectivity index (χ4n) is 1.54. The molecule has 13 heavy (non-hydrogen) atoms. The van der Waals surface area contributed by atoms with Gasteiger partial charge in [-0.05, 0) is 12.3 Å². The summed E-state index contributed by atoms with van der Waals surface area (Å²) in [5.41, 5.74) is 0.